The van der Waals surface area contributed by atoms with Crippen molar-refractivity contribution < 1.29 is 9.90 Å². The molecule has 0 aliphatic rings. The number of halogens is 1. The number of hydrogen-bond donors (Lipinski definition) is 2. The molecular weight excluding hydrogens is 489 g/mol. The number of benzene rings is 2. The molecule has 0 saturated carbocycles. The molecule has 2 heterocycles. The molecule has 0 unspecified atom stereocenters. The van der Waals surface area contributed by atoms with Gasteiger partial charge in [-0.2, -0.15) is 0 Å². The Morgan fingerprint density at radius 1 is 1.07 bits per heavy atom. The zero-order valence-corrected chi connectivity index (χ0v) is 18.6. The predicted molar refractivity (Wildman–Crippen MR) is 127 cm³/mol. The summed E-state index contributed by atoms with van der Waals surface area (Å²) in [6.07, 6.45) is 1.82. The minimum Gasteiger partial charge on any atom is -0.478 e. The van der Waals surface area contributed by atoms with Gasteiger partial charge in [-0.25, -0.2) is 9.78 Å². The molecule has 5 nitrogen and oxygen atoms in total. The molecule has 6 heteroatoms. The molecule has 2 N–H and O–H groups in total. The van der Waals surface area contributed by atoms with Crippen LogP contribution in [0.15, 0.2) is 66.9 Å². The number of carboxylic acids is 1. The molecule has 0 aliphatic carbocycles. The normalized spacial score (nSPS) is 11.0. The van der Waals surface area contributed by atoms with E-state index in [0.29, 0.717) is 22.3 Å². The molecule has 0 saturated heterocycles. The van der Waals surface area contributed by atoms with E-state index < -0.39 is 5.97 Å². The van der Waals surface area contributed by atoms with Crippen LogP contribution in [0.4, 0.5) is 0 Å². The maximum absolute atomic E-state index is 11.8. The van der Waals surface area contributed by atoms with E-state index in [-0.39, 0.29) is 5.56 Å². The van der Waals surface area contributed by atoms with E-state index in [2.05, 4.69) is 56.9 Å². The molecule has 150 valence electrons. The number of nitrogens with one attached hydrogen (secondary N) is 1. The minimum atomic E-state index is -0.973. The van der Waals surface area contributed by atoms with Gasteiger partial charge >= 0.3 is 5.97 Å². The second-order valence-electron chi connectivity index (χ2n) is 6.89. The van der Waals surface area contributed by atoms with E-state index in [1.807, 2.05) is 48.7 Å². The maximum atomic E-state index is 11.8. The lowest BCUT2D eigenvalue weighted by molar-refractivity contribution is 0.0699. The van der Waals surface area contributed by atoms with Crippen LogP contribution in [0.25, 0.3) is 33.4 Å². The number of carboxylic acid groups (broad SMARTS) is 1. The van der Waals surface area contributed by atoms with Gasteiger partial charge in [0.15, 0.2) is 0 Å². The van der Waals surface area contributed by atoms with Crippen LogP contribution < -0.4 is 5.32 Å². The van der Waals surface area contributed by atoms with Crippen molar-refractivity contribution in [2.45, 2.75) is 13.5 Å². The van der Waals surface area contributed by atoms with Crippen LogP contribution in [0.3, 0.4) is 0 Å². The lowest BCUT2D eigenvalue weighted by Crippen LogP contribution is -2.12. The molecule has 4 aromatic rings. The topological polar surface area (TPSA) is 75.1 Å². The molecule has 4 rings (SSSR count). The van der Waals surface area contributed by atoms with Crippen LogP contribution in [0, 0.1) is 3.57 Å². The molecule has 0 aliphatic heterocycles. The lowest BCUT2D eigenvalue weighted by Gasteiger charge is -2.11. The largest absolute Gasteiger partial charge is 0.478 e. The Morgan fingerprint density at radius 2 is 1.90 bits per heavy atom. The number of aromatic carboxylic acids is 1. The molecule has 0 bridgehead atoms. The number of nitrogens with zero attached hydrogens (tertiary/aromatic N) is 2. The van der Waals surface area contributed by atoms with Gasteiger partial charge in [-0.15, -0.1) is 0 Å². The zero-order chi connectivity index (χ0) is 21.1. The average molecular weight is 509 g/mol. The van der Waals surface area contributed by atoms with Gasteiger partial charge in [0, 0.05) is 27.3 Å². The molecular formula is C24H20IN3O2. The molecule has 2 aromatic carbocycles. The first-order valence-corrected chi connectivity index (χ1v) is 10.7. The standard InChI is InChI=1S/C24H20IN3O2/c1-2-26-13-15-5-3-4-6-18(15)16-7-9-22(27-14-16)23-12-20(24(29)30)19-11-17(25)8-10-21(19)28-23/h3-12,14,26H,2,13H2,1H3,(H,29,30). The second-order valence-corrected chi connectivity index (χ2v) is 8.14. The Balaban J connectivity index is 1.74. The third kappa shape index (κ3) is 4.20. The number of fused-ring (bicyclic) bond motifs is 1. The van der Waals surface area contributed by atoms with Crippen LogP contribution in [-0.2, 0) is 6.54 Å². The fraction of sp³-hybridized carbons (Fsp3) is 0.125. The van der Waals surface area contributed by atoms with Crippen molar-refractivity contribution >= 4 is 39.5 Å². The van der Waals surface area contributed by atoms with Crippen LogP contribution in [0.5, 0.6) is 0 Å². The van der Waals surface area contributed by atoms with Crippen molar-refractivity contribution in [2.24, 2.45) is 0 Å². The minimum absolute atomic E-state index is 0.232. The van der Waals surface area contributed by atoms with E-state index in [4.69, 9.17) is 0 Å². The Labute approximate surface area is 188 Å². The van der Waals surface area contributed by atoms with E-state index in [9.17, 15) is 9.90 Å². The summed E-state index contributed by atoms with van der Waals surface area (Å²) in [6, 6.07) is 19.4. The SMILES string of the molecule is CCNCc1ccccc1-c1ccc(-c2cc(C(=O)O)c3cc(I)ccc3n2)nc1. The number of carbonyl (C=O) groups is 1. The van der Waals surface area contributed by atoms with Crippen molar-refractivity contribution in [3.8, 4) is 22.5 Å². The molecule has 0 fully saturated rings. The van der Waals surface area contributed by atoms with Crippen LogP contribution in [-0.4, -0.2) is 27.6 Å². The first-order chi connectivity index (χ1) is 14.6. The van der Waals surface area contributed by atoms with Gasteiger partial charge in [-0.1, -0.05) is 37.3 Å². The summed E-state index contributed by atoms with van der Waals surface area (Å²) in [5.41, 5.74) is 5.42. The third-order valence-corrected chi connectivity index (χ3v) is 5.59. The highest BCUT2D eigenvalue weighted by atomic mass is 127. The number of aromatic nitrogens is 2. The summed E-state index contributed by atoms with van der Waals surface area (Å²) < 4.78 is 0.968. The number of rotatable bonds is 6. The molecule has 0 spiro atoms. The summed E-state index contributed by atoms with van der Waals surface area (Å²) in [5, 5.41) is 13.7. The van der Waals surface area contributed by atoms with Crippen molar-refractivity contribution in [1.82, 2.24) is 15.3 Å². The van der Waals surface area contributed by atoms with Crippen molar-refractivity contribution in [3.63, 3.8) is 0 Å². The quantitative estimate of drug-likeness (QED) is 0.342. The van der Waals surface area contributed by atoms with Gasteiger partial charge in [0.1, 0.15) is 0 Å². The molecule has 0 atom stereocenters. The summed E-state index contributed by atoms with van der Waals surface area (Å²) in [5.74, 6) is -0.973. The van der Waals surface area contributed by atoms with E-state index in [0.717, 1.165) is 27.8 Å². The molecule has 0 amide bonds. The highest BCUT2D eigenvalue weighted by Crippen LogP contribution is 2.28. The highest BCUT2D eigenvalue weighted by molar-refractivity contribution is 14.1. The fourth-order valence-electron chi connectivity index (χ4n) is 3.43. The Bertz CT molecular complexity index is 1220. The summed E-state index contributed by atoms with van der Waals surface area (Å²) >= 11 is 2.17. The second kappa shape index (κ2) is 8.89. The first-order valence-electron chi connectivity index (χ1n) is 9.66. The summed E-state index contributed by atoms with van der Waals surface area (Å²) in [6.45, 7) is 3.79. The van der Waals surface area contributed by atoms with Crippen LogP contribution in [0.2, 0.25) is 0 Å². The number of pyridine rings is 2. The van der Waals surface area contributed by atoms with Crippen molar-refractivity contribution in [1.29, 1.82) is 0 Å². The summed E-state index contributed by atoms with van der Waals surface area (Å²) in [4.78, 5) is 21.1. The zero-order valence-electron chi connectivity index (χ0n) is 16.4. The van der Waals surface area contributed by atoms with Gasteiger partial charge in [0.05, 0.1) is 22.5 Å². The molecule has 2 aromatic heterocycles. The fourth-order valence-corrected chi connectivity index (χ4v) is 3.92. The van der Waals surface area contributed by atoms with Gasteiger partial charge in [0.25, 0.3) is 0 Å². The predicted octanol–water partition coefficient (Wildman–Crippen LogP) is 5.38. The van der Waals surface area contributed by atoms with Crippen LogP contribution >= 0.6 is 22.6 Å². The summed E-state index contributed by atoms with van der Waals surface area (Å²) in [7, 11) is 0. The number of hydrogen-bond acceptors (Lipinski definition) is 4. The monoisotopic (exact) mass is 509 g/mol. The van der Waals surface area contributed by atoms with Crippen LogP contribution in [0.1, 0.15) is 22.8 Å². The Hall–Kier alpha value is -2.84. The van der Waals surface area contributed by atoms with Gasteiger partial charge in [-0.05, 0) is 70.6 Å². The third-order valence-electron chi connectivity index (χ3n) is 4.92. The van der Waals surface area contributed by atoms with E-state index in [1.54, 1.807) is 6.07 Å². The average Bonchev–Trinajstić information content (AvgIpc) is 2.77. The van der Waals surface area contributed by atoms with Gasteiger partial charge < -0.3 is 10.4 Å². The van der Waals surface area contributed by atoms with Crippen molar-refractivity contribution in [3.05, 3.63) is 81.6 Å². The van der Waals surface area contributed by atoms with E-state index >= 15 is 0 Å². The van der Waals surface area contributed by atoms with Gasteiger partial charge in [0.2, 0.25) is 0 Å². The Morgan fingerprint density at radius 3 is 2.63 bits per heavy atom. The van der Waals surface area contributed by atoms with Gasteiger partial charge in [-0.3, -0.25) is 4.98 Å². The lowest BCUT2D eigenvalue weighted by atomic mass is 10.0. The maximum Gasteiger partial charge on any atom is 0.336 e. The van der Waals surface area contributed by atoms with Crippen molar-refractivity contribution in [2.75, 3.05) is 6.54 Å². The van der Waals surface area contributed by atoms with E-state index in [1.165, 1.54) is 5.56 Å². The molecule has 30 heavy (non-hydrogen) atoms. The highest BCUT2D eigenvalue weighted by Gasteiger charge is 2.14. The molecule has 0 radical (unpaired) electrons. The first kappa shape index (κ1) is 20.4. The Kier molecular flexibility index (Phi) is 6.06. The smallest absolute Gasteiger partial charge is 0.336 e.